The van der Waals surface area contributed by atoms with Gasteiger partial charge in [-0.15, -0.1) is 11.3 Å². The fraction of sp³-hybridized carbons (Fsp3) is 0.250. The maximum Gasteiger partial charge on any atom is 0.118 e. The summed E-state index contributed by atoms with van der Waals surface area (Å²) in [6, 6.07) is 7.61. The summed E-state index contributed by atoms with van der Waals surface area (Å²) >= 11 is 1.62. The Balaban J connectivity index is 2.23. The quantitative estimate of drug-likeness (QED) is 0.887. The molecule has 0 aliphatic carbocycles. The minimum absolute atomic E-state index is 0.157. The van der Waals surface area contributed by atoms with Crippen LogP contribution in [0.3, 0.4) is 0 Å². The Hall–Kier alpha value is -1.39. The van der Waals surface area contributed by atoms with E-state index in [4.69, 9.17) is 10.5 Å². The molecule has 0 radical (unpaired) electrons. The fourth-order valence-electron chi connectivity index (χ4n) is 1.51. The van der Waals surface area contributed by atoms with E-state index in [9.17, 15) is 0 Å². The first kappa shape index (κ1) is 11.1. The lowest BCUT2D eigenvalue weighted by Crippen LogP contribution is -2.12. The lowest BCUT2D eigenvalue weighted by molar-refractivity contribution is 0.414. The number of hydrogen-bond donors (Lipinski definition) is 1. The summed E-state index contributed by atoms with van der Waals surface area (Å²) in [4.78, 5) is 4.39. The smallest absolute Gasteiger partial charge is 0.118 e. The second-order valence-electron chi connectivity index (χ2n) is 3.54. The molecule has 0 fully saturated rings. The maximum atomic E-state index is 6.12. The van der Waals surface area contributed by atoms with Crippen molar-refractivity contribution < 1.29 is 4.74 Å². The highest BCUT2D eigenvalue weighted by atomic mass is 32.1. The van der Waals surface area contributed by atoms with E-state index in [0.717, 1.165) is 22.0 Å². The van der Waals surface area contributed by atoms with Crippen LogP contribution in [0.1, 0.15) is 22.3 Å². The Morgan fingerprint density at radius 1 is 1.31 bits per heavy atom. The lowest BCUT2D eigenvalue weighted by atomic mass is 10.1. The minimum atomic E-state index is -0.157. The molecular weight excluding hydrogens is 220 g/mol. The summed E-state index contributed by atoms with van der Waals surface area (Å²) in [5.41, 5.74) is 8.10. The zero-order valence-electron chi connectivity index (χ0n) is 9.31. The molecule has 0 saturated heterocycles. The number of rotatable bonds is 3. The van der Waals surface area contributed by atoms with Gasteiger partial charge in [0.25, 0.3) is 0 Å². The van der Waals surface area contributed by atoms with Crippen LogP contribution in [0.15, 0.2) is 29.6 Å². The van der Waals surface area contributed by atoms with Crippen LogP contribution in [0.25, 0.3) is 0 Å². The molecular formula is C12H14N2OS. The Kier molecular flexibility index (Phi) is 3.22. The SMILES string of the molecule is COc1ccc(C(N)c2csc(C)n2)cc1. The predicted octanol–water partition coefficient (Wildman–Crippen LogP) is 2.51. The Bertz CT molecular complexity index is 464. The van der Waals surface area contributed by atoms with E-state index in [2.05, 4.69) is 4.98 Å². The molecule has 0 aliphatic heterocycles. The van der Waals surface area contributed by atoms with Crippen molar-refractivity contribution in [3.63, 3.8) is 0 Å². The van der Waals surface area contributed by atoms with Crippen molar-refractivity contribution in [2.24, 2.45) is 5.73 Å². The van der Waals surface area contributed by atoms with Gasteiger partial charge in [-0.3, -0.25) is 0 Å². The van der Waals surface area contributed by atoms with Gasteiger partial charge in [-0.05, 0) is 24.6 Å². The number of nitrogens with two attached hydrogens (primary N) is 1. The molecule has 1 aromatic carbocycles. The molecule has 2 N–H and O–H groups in total. The van der Waals surface area contributed by atoms with Crippen molar-refractivity contribution in [3.05, 3.63) is 45.9 Å². The van der Waals surface area contributed by atoms with Gasteiger partial charge in [0.1, 0.15) is 5.75 Å². The molecule has 1 heterocycles. The van der Waals surface area contributed by atoms with Crippen LogP contribution in [0.5, 0.6) is 5.75 Å². The van der Waals surface area contributed by atoms with E-state index in [1.807, 2.05) is 36.6 Å². The molecule has 1 aromatic heterocycles. The molecule has 2 aromatic rings. The minimum Gasteiger partial charge on any atom is -0.497 e. The summed E-state index contributed by atoms with van der Waals surface area (Å²) in [6.45, 7) is 1.98. The van der Waals surface area contributed by atoms with Crippen molar-refractivity contribution in [3.8, 4) is 5.75 Å². The second-order valence-corrected chi connectivity index (χ2v) is 4.60. The van der Waals surface area contributed by atoms with E-state index in [1.54, 1.807) is 18.4 Å². The van der Waals surface area contributed by atoms with Crippen molar-refractivity contribution in [2.75, 3.05) is 7.11 Å². The molecule has 2 rings (SSSR count). The highest BCUT2D eigenvalue weighted by Crippen LogP contribution is 2.22. The standard InChI is InChI=1S/C12H14N2OS/c1-8-14-11(7-16-8)12(13)9-3-5-10(15-2)6-4-9/h3-7,12H,13H2,1-2H3. The first-order valence-electron chi connectivity index (χ1n) is 5.02. The van der Waals surface area contributed by atoms with Crippen LogP contribution >= 0.6 is 11.3 Å². The van der Waals surface area contributed by atoms with Gasteiger partial charge in [0.2, 0.25) is 0 Å². The maximum absolute atomic E-state index is 6.12. The van der Waals surface area contributed by atoms with E-state index < -0.39 is 0 Å². The van der Waals surface area contributed by atoms with E-state index >= 15 is 0 Å². The third-order valence-corrected chi connectivity index (χ3v) is 3.22. The van der Waals surface area contributed by atoms with E-state index in [-0.39, 0.29) is 6.04 Å². The molecule has 0 spiro atoms. The number of hydrogen-bond acceptors (Lipinski definition) is 4. The Labute approximate surface area is 98.9 Å². The third kappa shape index (κ3) is 2.23. The molecule has 0 aliphatic rings. The number of nitrogens with zero attached hydrogens (tertiary/aromatic N) is 1. The number of methoxy groups -OCH3 is 1. The average molecular weight is 234 g/mol. The van der Waals surface area contributed by atoms with Crippen LogP contribution in [0, 0.1) is 6.92 Å². The first-order valence-corrected chi connectivity index (χ1v) is 5.90. The van der Waals surface area contributed by atoms with Crippen LogP contribution in [-0.2, 0) is 0 Å². The highest BCUT2D eigenvalue weighted by Gasteiger charge is 2.11. The van der Waals surface area contributed by atoms with Gasteiger partial charge in [0.05, 0.1) is 23.9 Å². The summed E-state index contributed by atoms with van der Waals surface area (Å²) in [5, 5.41) is 3.04. The molecule has 1 unspecified atom stereocenters. The zero-order chi connectivity index (χ0) is 11.5. The van der Waals surface area contributed by atoms with Gasteiger partial charge >= 0.3 is 0 Å². The van der Waals surface area contributed by atoms with Crippen molar-refractivity contribution in [1.29, 1.82) is 0 Å². The number of aromatic nitrogens is 1. The molecule has 1 atom stereocenters. The van der Waals surface area contributed by atoms with E-state index in [1.165, 1.54) is 0 Å². The molecule has 4 heteroatoms. The fourth-order valence-corrected chi connectivity index (χ4v) is 2.15. The van der Waals surface area contributed by atoms with Gasteiger partial charge in [0, 0.05) is 5.38 Å². The van der Waals surface area contributed by atoms with Gasteiger partial charge in [-0.2, -0.15) is 0 Å². The molecule has 0 amide bonds. The third-order valence-electron chi connectivity index (χ3n) is 2.43. The molecule has 3 nitrogen and oxygen atoms in total. The number of benzene rings is 1. The molecule has 0 bridgehead atoms. The topological polar surface area (TPSA) is 48.1 Å². The van der Waals surface area contributed by atoms with Crippen molar-refractivity contribution >= 4 is 11.3 Å². The molecule has 0 saturated carbocycles. The predicted molar refractivity (Wildman–Crippen MR) is 65.9 cm³/mol. The Morgan fingerprint density at radius 3 is 2.50 bits per heavy atom. The first-order chi connectivity index (χ1) is 7.70. The average Bonchev–Trinajstić information content (AvgIpc) is 2.75. The normalized spacial score (nSPS) is 12.4. The van der Waals surface area contributed by atoms with Crippen LogP contribution in [0.4, 0.5) is 0 Å². The summed E-state index contributed by atoms with van der Waals surface area (Å²) < 4.78 is 5.10. The van der Waals surface area contributed by atoms with E-state index in [0.29, 0.717) is 0 Å². The number of thiazole rings is 1. The van der Waals surface area contributed by atoms with Gasteiger partial charge in [-0.1, -0.05) is 12.1 Å². The van der Waals surface area contributed by atoms with Crippen LogP contribution in [-0.4, -0.2) is 12.1 Å². The highest BCUT2D eigenvalue weighted by molar-refractivity contribution is 7.09. The van der Waals surface area contributed by atoms with Gasteiger partial charge in [-0.25, -0.2) is 4.98 Å². The van der Waals surface area contributed by atoms with Crippen molar-refractivity contribution in [1.82, 2.24) is 4.98 Å². The number of aryl methyl sites for hydroxylation is 1. The monoisotopic (exact) mass is 234 g/mol. The van der Waals surface area contributed by atoms with Crippen LogP contribution in [0.2, 0.25) is 0 Å². The van der Waals surface area contributed by atoms with Gasteiger partial charge in [0.15, 0.2) is 0 Å². The summed E-state index contributed by atoms with van der Waals surface area (Å²) in [5.74, 6) is 0.838. The second kappa shape index (κ2) is 4.63. The van der Waals surface area contributed by atoms with Crippen molar-refractivity contribution in [2.45, 2.75) is 13.0 Å². The largest absolute Gasteiger partial charge is 0.497 e. The number of ether oxygens (including phenoxy) is 1. The molecule has 16 heavy (non-hydrogen) atoms. The molecule has 84 valence electrons. The van der Waals surface area contributed by atoms with Crippen LogP contribution < -0.4 is 10.5 Å². The van der Waals surface area contributed by atoms with Gasteiger partial charge < -0.3 is 10.5 Å². The summed E-state index contributed by atoms with van der Waals surface area (Å²) in [6.07, 6.45) is 0. The lowest BCUT2D eigenvalue weighted by Gasteiger charge is -2.09. The Morgan fingerprint density at radius 2 is 2.00 bits per heavy atom. The summed E-state index contributed by atoms with van der Waals surface area (Å²) in [7, 11) is 1.65. The zero-order valence-corrected chi connectivity index (χ0v) is 10.1.